The van der Waals surface area contributed by atoms with E-state index in [1.807, 2.05) is 29.1 Å². The zero-order valence-corrected chi connectivity index (χ0v) is 15.4. The van der Waals surface area contributed by atoms with E-state index < -0.39 is 0 Å². The molecular weight excluding hydrogens is 330 g/mol. The maximum absolute atomic E-state index is 6.01. The van der Waals surface area contributed by atoms with Crippen LogP contribution in [0.3, 0.4) is 0 Å². The molecular formula is C21H24ClN3. The second-order valence-electron chi connectivity index (χ2n) is 6.69. The van der Waals surface area contributed by atoms with Crippen LogP contribution in [-0.2, 0) is 13.1 Å². The van der Waals surface area contributed by atoms with Crippen LogP contribution in [0.2, 0.25) is 5.02 Å². The Hall–Kier alpha value is -2.10. The predicted octanol–water partition coefficient (Wildman–Crippen LogP) is 5.07. The average molecular weight is 354 g/mol. The molecule has 1 heterocycles. The van der Waals surface area contributed by atoms with Crippen molar-refractivity contribution >= 4 is 11.6 Å². The number of hydrogen-bond donors (Lipinski definition) is 1. The summed E-state index contributed by atoms with van der Waals surface area (Å²) < 4.78 is 1.99. The van der Waals surface area contributed by atoms with Crippen molar-refractivity contribution in [1.82, 2.24) is 15.1 Å². The number of nitrogens with zero attached hydrogens (tertiary/aromatic N) is 2. The topological polar surface area (TPSA) is 29.9 Å². The van der Waals surface area contributed by atoms with E-state index in [1.54, 1.807) is 0 Å². The van der Waals surface area contributed by atoms with Gasteiger partial charge in [0.1, 0.15) is 0 Å². The maximum Gasteiger partial charge on any atom is 0.0659 e. The lowest BCUT2D eigenvalue weighted by atomic mass is 9.96. The highest BCUT2D eigenvalue weighted by atomic mass is 35.5. The van der Waals surface area contributed by atoms with Crippen LogP contribution in [0.1, 0.15) is 36.6 Å². The molecule has 1 N–H and O–H groups in total. The average Bonchev–Trinajstić information content (AvgIpc) is 3.04. The summed E-state index contributed by atoms with van der Waals surface area (Å²) in [5, 5.41) is 8.90. The molecule has 0 aliphatic heterocycles. The smallest absolute Gasteiger partial charge is 0.0659 e. The molecule has 3 rings (SSSR count). The Morgan fingerprint density at radius 3 is 2.40 bits per heavy atom. The molecule has 0 aliphatic carbocycles. The Labute approximate surface area is 154 Å². The fraction of sp³-hybridized carbons (Fsp3) is 0.286. The van der Waals surface area contributed by atoms with E-state index >= 15 is 0 Å². The lowest BCUT2D eigenvalue weighted by Crippen LogP contribution is -2.25. The molecule has 0 fully saturated rings. The van der Waals surface area contributed by atoms with Crippen molar-refractivity contribution < 1.29 is 0 Å². The van der Waals surface area contributed by atoms with Crippen LogP contribution in [0.15, 0.2) is 67.0 Å². The van der Waals surface area contributed by atoms with Gasteiger partial charge in [-0.2, -0.15) is 5.10 Å². The number of aromatic nitrogens is 2. The fourth-order valence-corrected chi connectivity index (χ4v) is 3.12. The minimum absolute atomic E-state index is 0.287. The maximum atomic E-state index is 6.01. The summed E-state index contributed by atoms with van der Waals surface area (Å²) in [6.45, 7) is 6.04. The Kier molecular flexibility index (Phi) is 5.90. The van der Waals surface area contributed by atoms with E-state index in [1.165, 1.54) is 16.7 Å². The molecule has 1 unspecified atom stereocenters. The largest absolute Gasteiger partial charge is 0.306 e. The van der Waals surface area contributed by atoms with Gasteiger partial charge in [0.05, 0.1) is 12.7 Å². The SMILES string of the molecule is CC(C)C(NCc1cnn(Cc2ccccc2)c1)c1ccc(Cl)cc1. The van der Waals surface area contributed by atoms with Crippen LogP contribution in [0, 0.1) is 5.92 Å². The summed E-state index contributed by atoms with van der Waals surface area (Å²) in [5.74, 6) is 0.487. The second-order valence-corrected chi connectivity index (χ2v) is 7.12. The van der Waals surface area contributed by atoms with Crippen molar-refractivity contribution in [1.29, 1.82) is 0 Å². The summed E-state index contributed by atoms with van der Waals surface area (Å²) in [7, 11) is 0. The monoisotopic (exact) mass is 353 g/mol. The molecule has 0 saturated heterocycles. The van der Waals surface area contributed by atoms with Gasteiger partial charge in [-0.15, -0.1) is 0 Å². The highest BCUT2D eigenvalue weighted by molar-refractivity contribution is 6.30. The molecule has 0 amide bonds. The summed E-state index contributed by atoms with van der Waals surface area (Å²) in [4.78, 5) is 0. The quantitative estimate of drug-likeness (QED) is 0.642. The van der Waals surface area contributed by atoms with Crippen molar-refractivity contribution in [2.24, 2.45) is 5.92 Å². The van der Waals surface area contributed by atoms with Crippen LogP contribution in [0.25, 0.3) is 0 Å². The minimum atomic E-state index is 0.287. The molecule has 0 aliphatic rings. The first kappa shape index (κ1) is 17.7. The molecule has 2 aromatic carbocycles. The van der Waals surface area contributed by atoms with E-state index in [2.05, 4.69) is 66.9 Å². The third-order valence-corrected chi connectivity index (χ3v) is 4.55. The predicted molar refractivity (Wildman–Crippen MR) is 104 cm³/mol. The van der Waals surface area contributed by atoms with E-state index in [0.717, 1.165) is 18.1 Å². The van der Waals surface area contributed by atoms with Crippen molar-refractivity contribution in [2.45, 2.75) is 33.0 Å². The minimum Gasteiger partial charge on any atom is -0.306 e. The molecule has 0 bridgehead atoms. The van der Waals surface area contributed by atoms with Gasteiger partial charge in [0.15, 0.2) is 0 Å². The molecule has 0 radical (unpaired) electrons. The van der Waals surface area contributed by atoms with Crippen LogP contribution >= 0.6 is 11.6 Å². The van der Waals surface area contributed by atoms with E-state index in [0.29, 0.717) is 5.92 Å². The number of hydrogen-bond acceptors (Lipinski definition) is 2. The highest BCUT2D eigenvalue weighted by Crippen LogP contribution is 2.23. The van der Waals surface area contributed by atoms with E-state index in [-0.39, 0.29) is 6.04 Å². The van der Waals surface area contributed by atoms with Gasteiger partial charge in [-0.3, -0.25) is 4.68 Å². The van der Waals surface area contributed by atoms with Crippen LogP contribution < -0.4 is 5.32 Å². The van der Waals surface area contributed by atoms with Crippen molar-refractivity contribution in [3.05, 3.63) is 88.7 Å². The standard InChI is InChI=1S/C21H24ClN3/c1-16(2)21(19-8-10-20(22)11-9-19)23-12-18-13-24-25(15-18)14-17-6-4-3-5-7-17/h3-11,13,15-16,21,23H,12,14H2,1-2H3. The van der Waals surface area contributed by atoms with Gasteiger partial charge in [0.25, 0.3) is 0 Å². The molecule has 25 heavy (non-hydrogen) atoms. The molecule has 3 nitrogen and oxygen atoms in total. The van der Waals surface area contributed by atoms with E-state index in [4.69, 9.17) is 11.6 Å². The Balaban J connectivity index is 1.62. The molecule has 1 aromatic heterocycles. The zero-order chi connectivity index (χ0) is 17.6. The van der Waals surface area contributed by atoms with E-state index in [9.17, 15) is 0 Å². The van der Waals surface area contributed by atoms with Crippen LogP contribution in [0.5, 0.6) is 0 Å². The second kappa shape index (κ2) is 8.32. The first-order valence-electron chi connectivity index (χ1n) is 8.66. The van der Waals surface area contributed by atoms with Crippen LogP contribution in [-0.4, -0.2) is 9.78 Å². The third kappa shape index (κ3) is 4.94. The number of rotatable bonds is 7. The Bertz CT molecular complexity index is 778. The molecule has 1 atom stereocenters. The van der Waals surface area contributed by atoms with Crippen LogP contribution in [0.4, 0.5) is 0 Å². The molecule has 130 valence electrons. The number of benzene rings is 2. The number of halogens is 1. The number of nitrogens with one attached hydrogen (secondary N) is 1. The normalized spacial score (nSPS) is 12.5. The zero-order valence-electron chi connectivity index (χ0n) is 14.7. The van der Waals surface area contributed by atoms with Gasteiger partial charge in [-0.25, -0.2) is 0 Å². The van der Waals surface area contributed by atoms with Crippen molar-refractivity contribution in [2.75, 3.05) is 0 Å². The molecule has 0 spiro atoms. The van der Waals surface area contributed by atoms with Crippen molar-refractivity contribution in [3.63, 3.8) is 0 Å². The lowest BCUT2D eigenvalue weighted by molar-refractivity contribution is 0.410. The first-order chi connectivity index (χ1) is 12.1. The van der Waals surface area contributed by atoms with Gasteiger partial charge in [0.2, 0.25) is 0 Å². The van der Waals surface area contributed by atoms with Gasteiger partial charge in [0, 0.05) is 29.4 Å². The summed E-state index contributed by atoms with van der Waals surface area (Å²) in [6.07, 6.45) is 4.05. The summed E-state index contributed by atoms with van der Waals surface area (Å²) >= 11 is 6.01. The summed E-state index contributed by atoms with van der Waals surface area (Å²) in [6, 6.07) is 18.8. The Morgan fingerprint density at radius 1 is 1.00 bits per heavy atom. The molecule has 0 saturated carbocycles. The fourth-order valence-electron chi connectivity index (χ4n) is 2.99. The first-order valence-corrected chi connectivity index (χ1v) is 9.04. The summed E-state index contributed by atoms with van der Waals surface area (Å²) in [5.41, 5.74) is 3.71. The van der Waals surface area contributed by atoms with Gasteiger partial charge in [-0.1, -0.05) is 67.9 Å². The third-order valence-electron chi connectivity index (χ3n) is 4.30. The molecule has 4 heteroatoms. The molecule has 3 aromatic rings. The lowest BCUT2D eigenvalue weighted by Gasteiger charge is -2.23. The van der Waals surface area contributed by atoms with Gasteiger partial charge in [-0.05, 0) is 29.2 Å². The Morgan fingerprint density at radius 2 is 1.72 bits per heavy atom. The van der Waals surface area contributed by atoms with Crippen molar-refractivity contribution in [3.8, 4) is 0 Å². The van der Waals surface area contributed by atoms with Gasteiger partial charge < -0.3 is 5.32 Å². The van der Waals surface area contributed by atoms with Gasteiger partial charge >= 0.3 is 0 Å². The highest BCUT2D eigenvalue weighted by Gasteiger charge is 2.15.